The molecule has 0 aliphatic heterocycles. The van der Waals surface area contributed by atoms with Crippen LogP contribution in [0.2, 0.25) is 0 Å². The van der Waals surface area contributed by atoms with E-state index in [2.05, 4.69) is 0 Å². The van der Waals surface area contributed by atoms with Crippen LogP contribution in [-0.2, 0) is 0 Å². The molecule has 0 aromatic carbocycles. The average Bonchev–Trinajstić information content (AvgIpc) is 2.04. The molecule has 5 heteroatoms. The summed E-state index contributed by atoms with van der Waals surface area (Å²) in [5, 5.41) is 18.5. The van der Waals surface area contributed by atoms with Crippen LogP contribution in [0.25, 0.3) is 0 Å². The Kier molecular flexibility index (Phi) is 4.34. The summed E-state index contributed by atoms with van der Waals surface area (Å²) in [6, 6.07) is 1.84. The van der Waals surface area contributed by atoms with E-state index in [4.69, 9.17) is 11.0 Å². The molecule has 0 aliphatic rings. The fraction of sp³-hybridized carbons (Fsp3) is 0.286. The van der Waals surface area contributed by atoms with E-state index < -0.39 is 4.92 Å². The Labute approximate surface area is 69.9 Å². The summed E-state index contributed by atoms with van der Waals surface area (Å²) in [4.78, 5) is 9.61. The summed E-state index contributed by atoms with van der Waals surface area (Å²) in [6.07, 6.45) is 2.60. The minimum atomic E-state index is -0.568. The topological polar surface area (TPSA) is 93.0 Å². The van der Waals surface area contributed by atoms with Crippen molar-refractivity contribution < 1.29 is 4.92 Å². The van der Waals surface area contributed by atoms with Gasteiger partial charge in [0.15, 0.2) is 0 Å². The Balaban J connectivity index is 4.54. The first-order valence-corrected chi connectivity index (χ1v) is 3.23. The zero-order valence-electron chi connectivity index (χ0n) is 6.65. The van der Waals surface area contributed by atoms with E-state index in [1.54, 1.807) is 6.92 Å². The molecule has 64 valence electrons. The van der Waals surface area contributed by atoms with Crippen molar-refractivity contribution >= 4 is 0 Å². The minimum absolute atomic E-state index is 0.107. The number of hydrogen-bond acceptors (Lipinski definition) is 4. The third-order valence-corrected chi connectivity index (χ3v) is 1.15. The SMILES string of the molecule is C/C(C#N)=C\C=C(/CN)[N+](=O)[O-]. The molecule has 0 heterocycles. The summed E-state index contributed by atoms with van der Waals surface area (Å²) in [5.41, 5.74) is 5.38. The summed E-state index contributed by atoms with van der Waals surface area (Å²) >= 11 is 0. The maximum Gasteiger partial charge on any atom is 0.259 e. The van der Waals surface area contributed by atoms with Crippen molar-refractivity contribution in [2.75, 3.05) is 6.54 Å². The molecule has 0 atom stereocenters. The van der Waals surface area contributed by atoms with Gasteiger partial charge in [-0.25, -0.2) is 0 Å². The van der Waals surface area contributed by atoms with Crippen LogP contribution in [0.15, 0.2) is 23.4 Å². The van der Waals surface area contributed by atoms with Gasteiger partial charge in [0.2, 0.25) is 0 Å². The van der Waals surface area contributed by atoms with Crippen LogP contribution in [0, 0.1) is 21.4 Å². The van der Waals surface area contributed by atoms with Crippen LogP contribution in [-0.4, -0.2) is 11.5 Å². The molecular weight excluding hydrogens is 158 g/mol. The number of nitrogens with zero attached hydrogens (tertiary/aromatic N) is 2. The second kappa shape index (κ2) is 5.04. The Morgan fingerprint density at radius 3 is 2.67 bits per heavy atom. The molecule has 2 N–H and O–H groups in total. The lowest BCUT2D eigenvalue weighted by Crippen LogP contribution is -2.10. The first kappa shape index (κ1) is 10.3. The maximum absolute atomic E-state index is 10.2. The van der Waals surface area contributed by atoms with E-state index in [9.17, 15) is 10.1 Å². The predicted octanol–water partition coefficient (Wildman–Crippen LogP) is 0.576. The van der Waals surface area contributed by atoms with Crippen LogP contribution in [0.3, 0.4) is 0 Å². The number of nitrogens with two attached hydrogens (primary N) is 1. The van der Waals surface area contributed by atoms with Crippen molar-refractivity contribution in [3.8, 4) is 6.07 Å². The zero-order valence-corrected chi connectivity index (χ0v) is 6.65. The summed E-state index contributed by atoms with van der Waals surface area (Å²) in [7, 11) is 0. The fourth-order valence-corrected chi connectivity index (χ4v) is 0.462. The van der Waals surface area contributed by atoms with Gasteiger partial charge in [-0.1, -0.05) is 0 Å². The Hall–Kier alpha value is -1.67. The summed E-state index contributed by atoms with van der Waals surface area (Å²) < 4.78 is 0. The second-order valence-electron chi connectivity index (χ2n) is 2.08. The Morgan fingerprint density at radius 2 is 2.33 bits per heavy atom. The van der Waals surface area contributed by atoms with E-state index >= 15 is 0 Å². The van der Waals surface area contributed by atoms with Gasteiger partial charge in [0.1, 0.15) is 0 Å². The third-order valence-electron chi connectivity index (χ3n) is 1.15. The van der Waals surface area contributed by atoms with E-state index in [-0.39, 0.29) is 12.2 Å². The molecule has 12 heavy (non-hydrogen) atoms. The molecule has 0 radical (unpaired) electrons. The largest absolute Gasteiger partial charge is 0.321 e. The Morgan fingerprint density at radius 1 is 1.75 bits per heavy atom. The van der Waals surface area contributed by atoms with Gasteiger partial charge in [0, 0.05) is 11.6 Å². The first-order valence-electron chi connectivity index (χ1n) is 3.23. The van der Waals surface area contributed by atoms with Gasteiger partial charge in [0.25, 0.3) is 5.70 Å². The van der Waals surface area contributed by atoms with Crippen LogP contribution in [0.4, 0.5) is 0 Å². The van der Waals surface area contributed by atoms with E-state index in [1.165, 1.54) is 12.2 Å². The standard InChI is InChI=1S/C7H9N3O2/c1-6(4-8)2-3-7(5-9)10(11)12/h2-3H,5,9H2,1H3/b6-2+,7-3+. The minimum Gasteiger partial charge on any atom is -0.321 e. The van der Waals surface area contributed by atoms with E-state index in [0.29, 0.717) is 5.57 Å². The zero-order chi connectivity index (χ0) is 9.56. The van der Waals surface area contributed by atoms with Crippen molar-refractivity contribution in [2.45, 2.75) is 6.92 Å². The van der Waals surface area contributed by atoms with Crippen molar-refractivity contribution in [3.05, 3.63) is 33.5 Å². The number of nitriles is 1. The summed E-state index contributed by atoms with van der Waals surface area (Å²) in [5.74, 6) is 0. The third kappa shape index (κ3) is 3.49. The van der Waals surface area contributed by atoms with Crippen molar-refractivity contribution in [3.63, 3.8) is 0 Å². The van der Waals surface area contributed by atoms with Gasteiger partial charge in [0.05, 0.1) is 17.5 Å². The van der Waals surface area contributed by atoms with Crippen molar-refractivity contribution in [2.24, 2.45) is 5.73 Å². The molecule has 5 nitrogen and oxygen atoms in total. The van der Waals surface area contributed by atoms with Crippen LogP contribution >= 0.6 is 0 Å². The molecule has 0 aromatic heterocycles. The van der Waals surface area contributed by atoms with Crippen molar-refractivity contribution in [1.29, 1.82) is 5.26 Å². The van der Waals surface area contributed by atoms with Gasteiger partial charge >= 0.3 is 0 Å². The molecule has 0 unspecified atom stereocenters. The van der Waals surface area contributed by atoms with Gasteiger partial charge in [-0.05, 0) is 13.0 Å². The highest BCUT2D eigenvalue weighted by atomic mass is 16.6. The normalized spacial score (nSPS) is 12.4. The molecule has 0 fully saturated rings. The highest BCUT2D eigenvalue weighted by Gasteiger charge is 2.04. The second-order valence-corrected chi connectivity index (χ2v) is 2.08. The molecule has 0 rings (SSSR count). The van der Waals surface area contributed by atoms with Crippen LogP contribution < -0.4 is 5.73 Å². The van der Waals surface area contributed by atoms with Gasteiger partial charge in [-0.15, -0.1) is 0 Å². The summed E-state index contributed by atoms with van der Waals surface area (Å²) in [6.45, 7) is 1.42. The molecular formula is C7H9N3O2. The lowest BCUT2D eigenvalue weighted by Gasteiger charge is -1.89. The lowest BCUT2D eigenvalue weighted by atomic mass is 10.3. The van der Waals surface area contributed by atoms with E-state index in [0.717, 1.165) is 0 Å². The van der Waals surface area contributed by atoms with Crippen LogP contribution in [0.5, 0.6) is 0 Å². The number of rotatable bonds is 3. The first-order chi connectivity index (χ1) is 5.61. The molecule has 0 saturated heterocycles. The van der Waals surface area contributed by atoms with Gasteiger partial charge in [-0.2, -0.15) is 5.26 Å². The highest BCUT2D eigenvalue weighted by molar-refractivity contribution is 5.24. The molecule has 0 saturated carbocycles. The van der Waals surface area contributed by atoms with Crippen molar-refractivity contribution in [1.82, 2.24) is 0 Å². The molecule has 0 amide bonds. The molecule has 0 spiro atoms. The van der Waals surface area contributed by atoms with Crippen LogP contribution in [0.1, 0.15) is 6.92 Å². The lowest BCUT2D eigenvalue weighted by molar-refractivity contribution is -0.425. The molecule has 0 aromatic rings. The Bertz CT molecular complexity index is 273. The van der Waals surface area contributed by atoms with E-state index in [1.807, 2.05) is 6.07 Å². The predicted molar refractivity (Wildman–Crippen MR) is 43.5 cm³/mol. The monoisotopic (exact) mass is 167 g/mol. The number of allylic oxidation sites excluding steroid dienone is 3. The van der Waals surface area contributed by atoms with Gasteiger partial charge in [-0.3, -0.25) is 10.1 Å². The molecule has 0 aliphatic carbocycles. The average molecular weight is 167 g/mol. The highest BCUT2D eigenvalue weighted by Crippen LogP contribution is 1.96. The fourth-order valence-electron chi connectivity index (χ4n) is 0.462. The number of hydrogen-bond donors (Lipinski definition) is 1. The quantitative estimate of drug-likeness (QED) is 0.288. The maximum atomic E-state index is 10.2. The molecule has 0 bridgehead atoms. The smallest absolute Gasteiger partial charge is 0.259 e. The van der Waals surface area contributed by atoms with Gasteiger partial charge < -0.3 is 5.73 Å². The number of nitro groups is 1.